The second kappa shape index (κ2) is 8.61. The lowest BCUT2D eigenvalue weighted by Crippen LogP contribution is -2.75. The number of hydrogen-bond donors (Lipinski definition) is 4. The Hall–Kier alpha value is -0.650. The molecule has 9 atom stereocenters. The Morgan fingerprint density at radius 2 is 1.68 bits per heavy atom. The maximum Gasteiger partial charge on any atom is 0.303 e. The lowest BCUT2D eigenvalue weighted by Gasteiger charge is -2.68. The molecule has 5 heteroatoms. The fourth-order valence-electron chi connectivity index (χ4n) is 9.04. The lowest BCUT2D eigenvalue weighted by atomic mass is 9.40. The van der Waals surface area contributed by atoms with E-state index in [1.807, 2.05) is 13.8 Å². The van der Waals surface area contributed by atoms with Crippen molar-refractivity contribution in [2.24, 2.45) is 46.0 Å². The van der Waals surface area contributed by atoms with Crippen molar-refractivity contribution in [2.45, 2.75) is 122 Å². The molecular weight excluding hydrogens is 388 g/mol. The average molecular weight is 437 g/mol. The van der Waals surface area contributed by atoms with E-state index in [9.17, 15) is 9.90 Å². The summed E-state index contributed by atoms with van der Waals surface area (Å²) in [6, 6.07) is 0. The molecule has 4 saturated carbocycles. The second-order valence-corrected chi connectivity index (χ2v) is 11.8. The van der Waals surface area contributed by atoms with Crippen LogP contribution in [0.25, 0.3) is 0 Å². The van der Waals surface area contributed by atoms with Crippen LogP contribution in [0, 0.1) is 34.5 Å². The summed E-state index contributed by atoms with van der Waals surface area (Å²) in [5.41, 5.74) is 14.1. The number of aliphatic carboxylic acids is 1. The Kier molecular flexibility index (Phi) is 6.94. The van der Waals surface area contributed by atoms with Gasteiger partial charge in [-0.25, -0.2) is 0 Å². The predicted molar refractivity (Wildman–Crippen MR) is 125 cm³/mol. The van der Waals surface area contributed by atoms with Crippen LogP contribution < -0.4 is 11.5 Å². The van der Waals surface area contributed by atoms with E-state index in [0.717, 1.165) is 38.5 Å². The fourth-order valence-corrected chi connectivity index (χ4v) is 9.04. The number of rotatable bonds is 4. The van der Waals surface area contributed by atoms with Gasteiger partial charge in [-0.2, -0.15) is 0 Å². The zero-order valence-electron chi connectivity index (χ0n) is 20.6. The van der Waals surface area contributed by atoms with Crippen molar-refractivity contribution < 1.29 is 15.0 Å². The third-order valence-electron chi connectivity index (χ3n) is 10.7. The topological polar surface area (TPSA) is 110 Å². The van der Waals surface area contributed by atoms with Gasteiger partial charge in [0.2, 0.25) is 0 Å². The van der Waals surface area contributed by atoms with Gasteiger partial charge < -0.3 is 21.7 Å². The van der Waals surface area contributed by atoms with E-state index < -0.39 is 5.97 Å². The Morgan fingerprint density at radius 1 is 1.00 bits per heavy atom. The smallest absolute Gasteiger partial charge is 0.303 e. The number of carboxylic acid groups (broad SMARTS) is 1. The molecule has 0 aliphatic heterocycles. The van der Waals surface area contributed by atoms with Gasteiger partial charge in [-0.15, -0.1) is 0 Å². The van der Waals surface area contributed by atoms with Crippen LogP contribution in [0.2, 0.25) is 0 Å². The molecule has 6 N–H and O–H groups in total. The summed E-state index contributed by atoms with van der Waals surface area (Å²) in [4.78, 5) is 11.1. The largest absolute Gasteiger partial charge is 0.481 e. The Labute approximate surface area is 189 Å². The molecule has 0 heterocycles. The fraction of sp³-hybridized carbons (Fsp3) is 0.962. The van der Waals surface area contributed by atoms with Gasteiger partial charge in [0.05, 0.1) is 6.10 Å². The third-order valence-corrected chi connectivity index (χ3v) is 10.7. The maximum absolute atomic E-state index is 11.1. The number of aliphatic hydroxyl groups excluding tert-OH is 1. The highest BCUT2D eigenvalue weighted by Gasteiger charge is 2.68. The molecule has 180 valence electrons. The second-order valence-electron chi connectivity index (χ2n) is 11.8. The summed E-state index contributed by atoms with van der Waals surface area (Å²) >= 11 is 0. The van der Waals surface area contributed by atoms with Crippen molar-refractivity contribution in [3.8, 4) is 0 Å². The van der Waals surface area contributed by atoms with Crippen LogP contribution in [-0.2, 0) is 4.79 Å². The van der Waals surface area contributed by atoms with Crippen molar-refractivity contribution in [1.29, 1.82) is 0 Å². The molecule has 0 saturated heterocycles. The first-order valence-electron chi connectivity index (χ1n) is 12.9. The van der Waals surface area contributed by atoms with E-state index in [1.54, 1.807) is 0 Å². The molecule has 31 heavy (non-hydrogen) atoms. The molecule has 4 rings (SSSR count). The average Bonchev–Trinajstić information content (AvgIpc) is 3.07. The van der Waals surface area contributed by atoms with E-state index >= 15 is 0 Å². The van der Waals surface area contributed by atoms with Crippen molar-refractivity contribution >= 4 is 5.97 Å². The Balaban J connectivity index is 0.00000132. The van der Waals surface area contributed by atoms with Crippen LogP contribution in [0.5, 0.6) is 0 Å². The summed E-state index contributed by atoms with van der Waals surface area (Å²) in [6.45, 7) is 11.1. The summed E-state index contributed by atoms with van der Waals surface area (Å²) in [5.74, 6) is 1.24. The number of fused-ring (bicyclic) bond motifs is 5. The number of hydrogen-bond acceptors (Lipinski definition) is 4. The van der Waals surface area contributed by atoms with Crippen LogP contribution in [0.3, 0.4) is 0 Å². The number of nitrogens with two attached hydrogens (primary N) is 2. The molecule has 0 bridgehead atoms. The van der Waals surface area contributed by atoms with Gasteiger partial charge in [-0.05, 0) is 98.7 Å². The molecule has 0 aromatic rings. The summed E-state index contributed by atoms with van der Waals surface area (Å²) in [5, 5.41) is 19.4. The Bertz CT molecular complexity index is 671. The van der Waals surface area contributed by atoms with Gasteiger partial charge in [0.1, 0.15) is 0 Å². The molecule has 0 aromatic heterocycles. The molecule has 5 nitrogen and oxygen atoms in total. The molecule has 0 radical (unpaired) electrons. The number of aliphatic hydroxyl groups is 1. The standard InChI is InChI=1S/C24H42N2O3.C2H6/c1-15(4-7-20(28)29)17-5-6-18-21(17,2)10-9-19-22(3)11-8-16(27)14-23(22,25)12-13-24(18,19)26;1-2/h15-19,27H,4-14,25-26H2,1-3H3,(H,28,29);1-2H3/t15-,16-,17?,18?,19?,21?,22?,23?,24?;/m1./s1. The zero-order valence-corrected chi connectivity index (χ0v) is 20.6. The highest BCUT2D eigenvalue weighted by molar-refractivity contribution is 5.66. The first-order chi connectivity index (χ1) is 14.5. The van der Waals surface area contributed by atoms with Gasteiger partial charge in [0.15, 0.2) is 0 Å². The summed E-state index contributed by atoms with van der Waals surface area (Å²) in [6.07, 6.45) is 9.84. The zero-order chi connectivity index (χ0) is 23.2. The minimum Gasteiger partial charge on any atom is -0.481 e. The number of carbonyl (C=O) groups is 1. The molecule has 0 amide bonds. The minimum absolute atomic E-state index is 0.00751. The third kappa shape index (κ3) is 3.77. The molecule has 4 fully saturated rings. The van der Waals surface area contributed by atoms with Gasteiger partial charge in [-0.3, -0.25) is 4.79 Å². The molecule has 0 aromatic carbocycles. The van der Waals surface area contributed by atoms with Crippen LogP contribution in [0.1, 0.15) is 105 Å². The predicted octanol–water partition coefficient (Wildman–Crippen LogP) is 4.70. The van der Waals surface area contributed by atoms with E-state index in [2.05, 4.69) is 20.8 Å². The number of carboxylic acids is 1. The van der Waals surface area contributed by atoms with Gasteiger partial charge in [-0.1, -0.05) is 34.6 Å². The molecule has 4 aliphatic rings. The molecule has 4 aliphatic carbocycles. The lowest BCUT2D eigenvalue weighted by molar-refractivity contribution is -0.152. The van der Waals surface area contributed by atoms with E-state index in [1.165, 1.54) is 19.3 Å². The van der Waals surface area contributed by atoms with E-state index in [0.29, 0.717) is 30.1 Å². The van der Waals surface area contributed by atoms with Crippen molar-refractivity contribution in [3.63, 3.8) is 0 Å². The van der Waals surface area contributed by atoms with Crippen LogP contribution in [0.4, 0.5) is 0 Å². The monoisotopic (exact) mass is 436 g/mol. The van der Waals surface area contributed by atoms with Gasteiger partial charge >= 0.3 is 5.97 Å². The van der Waals surface area contributed by atoms with Crippen LogP contribution in [-0.4, -0.2) is 33.4 Å². The van der Waals surface area contributed by atoms with Crippen molar-refractivity contribution in [3.05, 3.63) is 0 Å². The van der Waals surface area contributed by atoms with Gasteiger partial charge in [0, 0.05) is 17.5 Å². The summed E-state index contributed by atoms with van der Waals surface area (Å²) in [7, 11) is 0. The minimum atomic E-state index is -0.686. The highest BCUT2D eigenvalue weighted by atomic mass is 16.4. The summed E-state index contributed by atoms with van der Waals surface area (Å²) < 4.78 is 0. The first-order valence-corrected chi connectivity index (χ1v) is 12.9. The van der Waals surface area contributed by atoms with Crippen molar-refractivity contribution in [1.82, 2.24) is 0 Å². The van der Waals surface area contributed by atoms with Crippen LogP contribution in [0.15, 0.2) is 0 Å². The van der Waals surface area contributed by atoms with E-state index in [-0.39, 0.29) is 34.4 Å². The molecular formula is C26H48N2O3. The maximum atomic E-state index is 11.1. The normalized spacial score (nSPS) is 49.7. The van der Waals surface area contributed by atoms with E-state index in [4.69, 9.17) is 16.6 Å². The first kappa shape index (κ1) is 25.0. The van der Waals surface area contributed by atoms with Crippen LogP contribution >= 0.6 is 0 Å². The van der Waals surface area contributed by atoms with Gasteiger partial charge in [0.25, 0.3) is 0 Å². The quantitative estimate of drug-likeness (QED) is 0.511. The Morgan fingerprint density at radius 3 is 2.32 bits per heavy atom. The SMILES string of the molecule is CC.C[C@H](CCC(=O)O)C1CCC2C1(C)CCC1C2(N)CCC2(N)C[C@H](O)CCC12C. The molecule has 0 spiro atoms. The van der Waals surface area contributed by atoms with Crippen molar-refractivity contribution in [2.75, 3.05) is 0 Å². The highest BCUT2D eigenvalue weighted by Crippen LogP contribution is 2.69. The molecule has 7 unspecified atom stereocenters.